The van der Waals surface area contributed by atoms with E-state index >= 15 is 0 Å². The molecule has 0 bridgehead atoms. The Morgan fingerprint density at radius 1 is 1.09 bits per heavy atom. The molecule has 0 radical (unpaired) electrons. The fraction of sp³-hybridized carbons (Fsp3) is 0.276. The van der Waals surface area contributed by atoms with Crippen LogP contribution in [0, 0.1) is 6.92 Å². The Bertz CT molecular complexity index is 1300. The third-order valence-electron chi connectivity index (χ3n) is 6.16. The van der Waals surface area contributed by atoms with E-state index in [1.807, 2.05) is 90.4 Å². The number of likely N-dealkylation sites (tertiary alicyclic amines) is 1. The number of benzene rings is 2. The van der Waals surface area contributed by atoms with E-state index < -0.39 is 0 Å². The SMILES string of the molecule is C=CC(=O)N1CCC[C@@H]1Cn1nc(-c2ccc(Oc3ccccc3)cc2)c2cncc(C)c21.CC. The molecule has 3 heterocycles. The number of carbonyl (C=O) groups is 1. The summed E-state index contributed by atoms with van der Waals surface area (Å²) < 4.78 is 7.97. The second kappa shape index (κ2) is 11.0. The second-order valence-corrected chi connectivity index (χ2v) is 8.35. The van der Waals surface area contributed by atoms with E-state index in [0.717, 1.165) is 58.6 Å². The van der Waals surface area contributed by atoms with E-state index in [9.17, 15) is 4.79 Å². The fourth-order valence-corrected chi connectivity index (χ4v) is 4.58. The van der Waals surface area contributed by atoms with E-state index in [1.165, 1.54) is 6.08 Å². The molecule has 1 aliphatic heterocycles. The van der Waals surface area contributed by atoms with E-state index in [1.54, 1.807) is 0 Å². The van der Waals surface area contributed by atoms with Crippen molar-refractivity contribution in [1.82, 2.24) is 19.7 Å². The zero-order chi connectivity index (χ0) is 24.8. The van der Waals surface area contributed by atoms with Crippen molar-refractivity contribution >= 4 is 16.8 Å². The Hall–Kier alpha value is -3.93. The van der Waals surface area contributed by atoms with Gasteiger partial charge >= 0.3 is 0 Å². The van der Waals surface area contributed by atoms with Gasteiger partial charge in [-0.2, -0.15) is 5.10 Å². The molecule has 2 aromatic heterocycles. The minimum Gasteiger partial charge on any atom is -0.457 e. The van der Waals surface area contributed by atoms with E-state index in [0.29, 0.717) is 6.54 Å². The number of pyridine rings is 1. The summed E-state index contributed by atoms with van der Waals surface area (Å²) in [7, 11) is 0. The maximum absolute atomic E-state index is 12.3. The molecule has 1 saturated heterocycles. The van der Waals surface area contributed by atoms with Crippen LogP contribution in [0.2, 0.25) is 0 Å². The van der Waals surface area contributed by atoms with Crippen molar-refractivity contribution in [2.45, 2.75) is 46.2 Å². The molecule has 1 fully saturated rings. The lowest BCUT2D eigenvalue weighted by Gasteiger charge is -2.23. The summed E-state index contributed by atoms with van der Waals surface area (Å²) in [5.74, 6) is 1.56. The minimum absolute atomic E-state index is 0.0124. The molecular weight excluding hydrogens is 436 g/mol. The molecule has 6 nitrogen and oxygen atoms in total. The monoisotopic (exact) mass is 468 g/mol. The van der Waals surface area contributed by atoms with Crippen LogP contribution in [0.25, 0.3) is 22.2 Å². The lowest BCUT2D eigenvalue weighted by molar-refractivity contribution is -0.127. The maximum Gasteiger partial charge on any atom is 0.246 e. The average molecular weight is 469 g/mol. The summed E-state index contributed by atoms with van der Waals surface area (Å²) in [5.41, 5.74) is 4.00. The third-order valence-corrected chi connectivity index (χ3v) is 6.16. The topological polar surface area (TPSA) is 60.2 Å². The van der Waals surface area contributed by atoms with Gasteiger partial charge in [-0.15, -0.1) is 0 Å². The molecule has 0 spiro atoms. The van der Waals surface area contributed by atoms with Gasteiger partial charge in [0.15, 0.2) is 0 Å². The number of rotatable bonds is 6. The van der Waals surface area contributed by atoms with E-state index in [4.69, 9.17) is 9.84 Å². The molecule has 1 aliphatic rings. The van der Waals surface area contributed by atoms with Gasteiger partial charge in [-0.1, -0.05) is 38.6 Å². The van der Waals surface area contributed by atoms with Crippen molar-refractivity contribution in [2.75, 3.05) is 6.54 Å². The lowest BCUT2D eigenvalue weighted by atomic mass is 10.1. The zero-order valence-electron chi connectivity index (χ0n) is 20.6. The van der Waals surface area contributed by atoms with Gasteiger partial charge in [0, 0.05) is 29.9 Å². The Labute approximate surface area is 206 Å². The van der Waals surface area contributed by atoms with Gasteiger partial charge < -0.3 is 9.64 Å². The number of aromatic nitrogens is 3. The Kier molecular flexibility index (Phi) is 7.60. The van der Waals surface area contributed by atoms with Gasteiger partial charge in [0.25, 0.3) is 0 Å². The highest BCUT2D eigenvalue weighted by molar-refractivity contribution is 5.94. The first-order valence-electron chi connectivity index (χ1n) is 12.2. The van der Waals surface area contributed by atoms with Crippen molar-refractivity contribution in [3.8, 4) is 22.8 Å². The van der Waals surface area contributed by atoms with Gasteiger partial charge in [0.05, 0.1) is 18.1 Å². The third kappa shape index (κ3) is 5.11. The first kappa shape index (κ1) is 24.2. The maximum atomic E-state index is 12.3. The Balaban J connectivity index is 0.00000141. The number of aryl methyl sites for hydroxylation is 1. The first-order chi connectivity index (χ1) is 17.1. The summed E-state index contributed by atoms with van der Waals surface area (Å²) in [6, 6.07) is 17.8. The van der Waals surface area contributed by atoms with Crippen LogP contribution in [0.3, 0.4) is 0 Å². The van der Waals surface area contributed by atoms with Crippen molar-refractivity contribution in [2.24, 2.45) is 0 Å². The molecule has 0 unspecified atom stereocenters. The van der Waals surface area contributed by atoms with Crippen LogP contribution in [-0.2, 0) is 11.3 Å². The molecule has 0 saturated carbocycles. The number of para-hydroxylation sites is 1. The molecule has 35 heavy (non-hydrogen) atoms. The lowest BCUT2D eigenvalue weighted by Crippen LogP contribution is -2.37. The normalized spacial score (nSPS) is 14.9. The van der Waals surface area contributed by atoms with Gasteiger partial charge in [-0.05, 0) is 67.8 Å². The molecule has 180 valence electrons. The highest BCUT2D eigenvalue weighted by atomic mass is 16.5. The molecule has 1 amide bonds. The average Bonchev–Trinajstić information content (AvgIpc) is 3.52. The van der Waals surface area contributed by atoms with Crippen LogP contribution in [0.5, 0.6) is 11.5 Å². The number of fused-ring (bicyclic) bond motifs is 1. The fourth-order valence-electron chi connectivity index (χ4n) is 4.58. The largest absolute Gasteiger partial charge is 0.457 e. The molecular formula is C29H32N4O2. The van der Waals surface area contributed by atoms with Gasteiger partial charge in [-0.25, -0.2) is 0 Å². The molecule has 6 heteroatoms. The van der Waals surface area contributed by atoms with Gasteiger partial charge in [0.1, 0.15) is 17.2 Å². The number of hydrogen-bond donors (Lipinski definition) is 0. The molecule has 1 atom stereocenters. The van der Waals surface area contributed by atoms with Crippen molar-refractivity contribution in [3.05, 3.63) is 85.2 Å². The molecule has 0 N–H and O–H groups in total. The van der Waals surface area contributed by atoms with Gasteiger partial charge in [-0.3, -0.25) is 14.5 Å². The standard InChI is InChI=1S/C27H26N4O2.C2H6/c1-3-25(32)30-15-7-8-21(30)18-31-27-19(2)16-28-17-24(27)26(29-31)20-11-13-23(14-12-20)33-22-9-5-4-6-10-22;1-2/h3-6,9-14,16-17,21H,1,7-8,15,18H2,2H3;1-2H3/t21-;/m1./s1. The Morgan fingerprint density at radius 3 is 2.51 bits per heavy atom. The summed E-state index contributed by atoms with van der Waals surface area (Å²) in [6.07, 6.45) is 7.10. The quantitative estimate of drug-likeness (QED) is 0.307. The highest BCUT2D eigenvalue weighted by Gasteiger charge is 2.29. The number of nitrogens with zero attached hydrogens (tertiary/aromatic N) is 4. The van der Waals surface area contributed by atoms with Crippen LogP contribution < -0.4 is 4.74 Å². The van der Waals surface area contributed by atoms with Crippen LogP contribution in [0.1, 0.15) is 32.3 Å². The van der Waals surface area contributed by atoms with Crippen LogP contribution in [0.15, 0.2) is 79.6 Å². The molecule has 0 aliphatic carbocycles. The summed E-state index contributed by atoms with van der Waals surface area (Å²) in [6.45, 7) is 11.1. The number of amides is 1. The first-order valence-corrected chi connectivity index (χ1v) is 12.2. The predicted octanol–water partition coefficient (Wildman–Crippen LogP) is 6.40. The van der Waals surface area contributed by atoms with E-state index in [-0.39, 0.29) is 11.9 Å². The highest BCUT2D eigenvalue weighted by Crippen LogP contribution is 2.32. The zero-order valence-corrected chi connectivity index (χ0v) is 20.6. The second-order valence-electron chi connectivity index (χ2n) is 8.35. The minimum atomic E-state index is -0.0124. The smallest absolute Gasteiger partial charge is 0.246 e. The Morgan fingerprint density at radius 2 is 1.80 bits per heavy atom. The predicted molar refractivity (Wildman–Crippen MR) is 140 cm³/mol. The van der Waals surface area contributed by atoms with Gasteiger partial charge in [0.2, 0.25) is 5.91 Å². The molecule has 5 rings (SSSR count). The van der Waals surface area contributed by atoms with Crippen LogP contribution >= 0.6 is 0 Å². The van der Waals surface area contributed by atoms with Crippen molar-refractivity contribution in [1.29, 1.82) is 0 Å². The number of hydrogen-bond acceptors (Lipinski definition) is 4. The summed E-state index contributed by atoms with van der Waals surface area (Å²) >= 11 is 0. The molecule has 2 aromatic carbocycles. The van der Waals surface area contributed by atoms with Crippen LogP contribution in [-0.4, -0.2) is 38.2 Å². The number of ether oxygens (including phenoxy) is 1. The van der Waals surface area contributed by atoms with Crippen molar-refractivity contribution < 1.29 is 9.53 Å². The summed E-state index contributed by atoms with van der Waals surface area (Å²) in [4.78, 5) is 18.6. The summed E-state index contributed by atoms with van der Waals surface area (Å²) in [5, 5.41) is 6.00. The number of carbonyl (C=O) groups excluding carboxylic acids is 1. The van der Waals surface area contributed by atoms with E-state index in [2.05, 4.69) is 18.5 Å². The van der Waals surface area contributed by atoms with Crippen molar-refractivity contribution in [3.63, 3.8) is 0 Å². The van der Waals surface area contributed by atoms with Crippen LogP contribution in [0.4, 0.5) is 0 Å². The molecule has 4 aromatic rings.